The highest BCUT2D eigenvalue weighted by Gasteiger charge is 2.24. The summed E-state index contributed by atoms with van der Waals surface area (Å²) in [4.78, 5) is 11.6. The van der Waals surface area contributed by atoms with E-state index in [2.05, 4.69) is 12.2 Å². The Bertz CT molecular complexity index is 220. The van der Waals surface area contributed by atoms with Crippen molar-refractivity contribution < 1.29 is 9.53 Å². The molecular formula is C12H23NO2. The zero-order valence-corrected chi connectivity index (χ0v) is 10.3. The molecule has 1 aliphatic rings. The van der Waals surface area contributed by atoms with Gasteiger partial charge in [-0.05, 0) is 52.1 Å². The van der Waals surface area contributed by atoms with Crippen LogP contribution in [0.5, 0.6) is 0 Å². The summed E-state index contributed by atoms with van der Waals surface area (Å²) < 4.78 is 5.31. The Balaban J connectivity index is 2.31. The molecule has 1 fully saturated rings. The van der Waals surface area contributed by atoms with E-state index in [-0.39, 0.29) is 11.6 Å². The molecule has 1 heterocycles. The van der Waals surface area contributed by atoms with Crippen LogP contribution >= 0.6 is 0 Å². The highest BCUT2D eigenvalue weighted by atomic mass is 16.6. The Morgan fingerprint density at radius 1 is 1.40 bits per heavy atom. The second-order valence-electron chi connectivity index (χ2n) is 5.66. The smallest absolute Gasteiger partial charge is 0.306 e. The van der Waals surface area contributed by atoms with Gasteiger partial charge in [0.2, 0.25) is 0 Å². The van der Waals surface area contributed by atoms with Crippen molar-refractivity contribution >= 4 is 5.97 Å². The largest absolute Gasteiger partial charge is 0.460 e. The number of carbonyl (C=O) groups is 1. The van der Waals surface area contributed by atoms with Gasteiger partial charge in [0.05, 0.1) is 0 Å². The average Bonchev–Trinajstić information content (AvgIpc) is 1.99. The molecule has 1 rings (SSSR count). The van der Waals surface area contributed by atoms with E-state index in [1.54, 1.807) is 0 Å². The van der Waals surface area contributed by atoms with Crippen molar-refractivity contribution in [1.29, 1.82) is 0 Å². The van der Waals surface area contributed by atoms with Crippen LogP contribution in [0, 0.1) is 11.8 Å². The van der Waals surface area contributed by atoms with E-state index in [9.17, 15) is 4.79 Å². The topological polar surface area (TPSA) is 38.3 Å². The van der Waals surface area contributed by atoms with Crippen LogP contribution in [0.4, 0.5) is 0 Å². The van der Waals surface area contributed by atoms with Gasteiger partial charge in [-0.2, -0.15) is 0 Å². The molecule has 0 spiro atoms. The third-order valence-corrected chi connectivity index (χ3v) is 2.54. The maximum Gasteiger partial charge on any atom is 0.306 e. The molecule has 0 unspecified atom stereocenters. The van der Waals surface area contributed by atoms with Crippen LogP contribution in [0.15, 0.2) is 0 Å². The maximum absolute atomic E-state index is 11.6. The van der Waals surface area contributed by atoms with Crippen molar-refractivity contribution in [1.82, 2.24) is 5.32 Å². The van der Waals surface area contributed by atoms with E-state index < -0.39 is 0 Å². The van der Waals surface area contributed by atoms with Gasteiger partial charge in [-0.25, -0.2) is 0 Å². The molecule has 3 heteroatoms. The van der Waals surface area contributed by atoms with Gasteiger partial charge in [-0.3, -0.25) is 4.79 Å². The number of carbonyl (C=O) groups excluding carboxylic acids is 1. The molecule has 2 atom stereocenters. The fourth-order valence-corrected chi connectivity index (χ4v) is 2.04. The molecule has 1 aliphatic heterocycles. The third kappa shape index (κ3) is 5.17. The Labute approximate surface area is 92.6 Å². The summed E-state index contributed by atoms with van der Waals surface area (Å²) in [5.41, 5.74) is -0.356. The summed E-state index contributed by atoms with van der Waals surface area (Å²) >= 11 is 0. The first-order valence-corrected chi connectivity index (χ1v) is 5.79. The molecule has 3 nitrogen and oxygen atoms in total. The Morgan fingerprint density at radius 2 is 2.07 bits per heavy atom. The standard InChI is InChI=1S/C12H23NO2/c1-9-5-10(8-13-7-9)6-11(14)15-12(2,3)4/h9-10,13H,5-8H2,1-4H3/t9-,10-/m0/s1. The van der Waals surface area contributed by atoms with Gasteiger partial charge in [-0.1, -0.05) is 6.92 Å². The molecule has 0 bridgehead atoms. The second kappa shape index (κ2) is 4.97. The van der Waals surface area contributed by atoms with Gasteiger partial charge in [0.1, 0.15) is 5.60 Å². The van der Waals surface area contributed by atoms with Crippen LogP contribution in [-0.4, -0.2) is 24.7 Å². The molecular weight excluding hydrogens is 190 g/mol. The lowest BCUT2D eigenvalue weighted by atomic mass is 9.89. The monoisotopic (exact) mass is 213 g/mol. The van der Waals surface area contributed by atoms with Crippen molar-refractivity contribution in [2.24, 2.45) is 11.8 Å². The van der Waals surface area contributed by atoms with Gasteiger partial charge < -0.3 is 10.1 Å². The molecule has 0 aliphatic carbocycles. The minimum atomic E-state index is -0.356. The lowest BCUT2D eigenvalue weighted by Gasteiger charge is -2.28. The predicted molar refractivity (Wildman–Crippen MR) is 60.6 cm³/mol. The number of piperidine rings is 1. The van der Waals surface area contributed by atoms with Crippen molar-refractivity contribution in [3.05, 3.63) is 0 Å². The van der Waals surface area contributed by atoms with Gasteiger partial charge in [0.15, 0.2) is 0 Å². The van der Waals surface area contributed by atoms with Crippen LogP contribution in [0.3, 0.4) is 0 Å². The molecule has 0 aromatic carbocycles. The van der Waals surface area contributed by atoms with Crippen LogP contribution < -0.4 is 5.32 Å². The summed E-state index contributed by atoms with van der Waals surface area (Å²) in [5.74, 6) is 1.05. The van der Waals surface area contributed by atoms with Crippen LogP contribution in [-0.2, 0) is 9.53 Å². The van der Waals surface area contributed by atoms with Crippen molar-refractivity contribution in [3.63, 3.8) is 0 Å². The zero-order valence-electron chi connectivity index (χ0n) is 10.3. The quantitative estimate of drug-likeness (QED) is 0.713. The van der Waals surface area contributed by atoms with Crippen molar-refractivity contribution in [2.45, 2.75) is 46.1 Å². The molecule has 1 saturated heterocycles. The summed E-state index contributed by atoms with van der Waals surface area (Å²) in [6.45, 7) is 9.97. The Morgan fingerprint density at radius 3 is 2.60 bits per heavy atom. The molecule has 1 N–H and O–H groups in total. The van der Waals surface area contributed by atoms with Crippen LogP contribution in [0.2, 0.25) is 0 Å². The van der Waals surface area contributed by atoms with Gasteiger partial charge in [0, 0.05) is 6.42 Å². The Kier molecular flexibility index (Phi) is 4.14. The van der Waals surface area contributed by atoms with Crippen LogP contribution in [0.1, 0.15) is 40.5 Å². The molecule has 0 aromatic rings. The summed E-state index contributed by atoms with van der Waals surface area (Å²) in [6.07, 6.45) is 1.68. The molecule has 0 saturated carbocycles. The SMILES string of the molecule is C[C@@H]1CNC[C@H](CC(=O)OC(C)(C)C)C1. The minimum Gasteiger partial charge on any atom is -0.460 e. The lowest BCUT2D eigenvalue weighted by molar-refractivity contribution is -0.156. The minimum absolute atomic E-state index is 0.0663. The first-order valence-electron chi connectivity index (χ1n) is 5.79. The fourth-order valence-electron chi connectivity index (χ4n) is 2.04. The molecule has 88 valence electrons. The lowest BCUT2D eigenvalue weighted by Crippen LogP contribution is -2.37. The first kappa shape index (κ1) is 12.5. The zero-order chi connectivity index (χ0) is 11.5. The molecule has 0 aromatic heterocycles. The average molecular weight is 213 g/mol. The third-order valence-electron chi connectivity index (χ3n) is 2.54. The highest BCUT2D eigenvalue weighted by molar-refractivity contribution is 5.70. The number of nitrogens with one attached hydrogen (secondary N) is 1. The second-order valence-corrected chi connectivity index (χ2v) is 5.66. The van der Waals surface area contributed by atoms with E-state index in [4.69, 9.17) is 4.74 Å². The van der Waals surface area contributed by atoms with Gasteiger partial charge in [0.25, 0.3) is 0 Å². The van der Waals surface area contributed by atoms with Gasteiger partial charge >= 0.3 is 5.97 Å². The van der Waals surface area contributed by atoms with Crippen molar-refractivity contribution in [2.75, 3.05) is 13.1 Å². The van der Waals surface area contributed by atoms with E-state index in [1.807, 2.05) is 20.8 Å². The number of esters is 1. The predicted octanol–water partition coefficient (Wildman–Crippen LogP) is 1.96. The number of hydrogen-bond acceptors (Lipinski definition) is 3. The number of ether oxygens (including phenoxy) is 1. The summed E-state index contributed by atoms with van der Waals surface area (Å²) in [5, 5.41) is 3.35. The Hall–Kier alpha value is -0.570. The van der Waals surface area contributed by atoms with Crippen LogP contribution in [0.25, 0.3) is 0 Å². The number of rotatable bonds is 2. The summed E-state index contributed by atoms with van der Waals surface area (Å²) in [6, 6.07) is 0. The summed E-state index contributed by atoms with van der Waals surface area (Å²) in [7, 11) is 0. The molecule has 15 heavy (non-hydrogen) atoms. The molecule has 0 amide bonds. The van der Waals surface area contributed by atoms with E-state index in [1.165, 1.54) is 0 Å². The van der Waals surface area contributed by atoms with Gasteiger partial charge in [-0.15, -0.1) is 0 Å². The fraction of sp³-hybridized carbons (Fsp3) is 0.917. The van der Waals surface area contributed by atoms with E-state index in [0.29, 0.717) is 18.3 Å². The first-order chi connectivity index (χ1) is 6.87. The van der Waals surface area contributed by atoms with E-state index in [0.717, 1.165) is 19.5 Å². The van der Waals surface area contributed by atoms with E-state index >= 15 is 0 Å². The number of hydrogen-bond donors (Lipinski definition) is 1. The van der Waals surface area contributed by atoms with Crippen molar-refractivity contribution in [3.8, 4) is 0 Å². The molecule has 0 radical (unpaired) electrons. The normalized spacial score (nSPS) is 27.5. The highest BCUT2D eigenvalue weighted by Crippen LogP contribution is 2.20. The maximum atomic E-state index is 11.6.